The maximum Gasteiger partial charge on any atom is 0.256 e. The van der Waals surface area contributed by atoms with Gasteiger partial charge in [0.05, 0.1) is 5.56 Å². The fraction of sp³-hybridized carbons (Fsp3) is 0.364. The number of anilines is 1. The first-order chi connectivity index (χ1) is 13.5. The molecule has 0 atom stereocenters. The van der Waals surface area contributed by atoms with Crippen LogP contribution in [-0.4, -0.2) is 36.3 Å². The molecule has 0 aromatic heterocycles. The van der Waals surface area contributed by atoms with Crippen LogP contribution in [0.5, 0.6) is 0 Å². The highest BCUT2D eigenvalue weighted by Gasteiger charge is 2.33. The van der Waals surface area contributed by atoms with E-state index < -0.39 is 17.5 Å². The molecule has 0 bridgehead atoms. The third-order valence-corrected chi connectivity index (χ3v) is 5.67. The molecule has 0 unspecified atom stereocenters. The molecule has 146 valence electrons. The number of fused-ring (bicyclic) bond motifs is 1. The highest BCUT2D eigenvalue weighted by molar-refractivity contribution is 5.97. The molecule has 2 amide bonds. The van der Waals surface area contributed by atoms with Gasteiger partial charge in [0.2, 0.25) is 5.91 Å². The monoisotopic (exact) mass is 384 g/mol. The fourth-order valence-corrected chi connectivity index (χ4v) is 4.15. The van der Waals surface area contributed by atoms with Crippen LogP contribution in [0.4, 0.5) is 14.5 Å². The van der Waals surface area contributed by atoms with Crippen LogP contribution in [0.25, 0.3) is 0 Å². The summed E-state index contributed by atoms with van der Waals surface area (Å²) in [5.41, 5.74) is 2.06. The van der Waals surface area contributed by atoms with Crippen LogP contribution in [0.15, 0.2) is 42.5 Å². The predicted molar refractivity (Wildman–Crippen MR) is 102 cm³/mol. The van der Waals surface area contributed by atoms with Crippen molar-refractivity contribution in [2.24, 2.45) is 5.92 Å². The SMILES string of the molecule is O=C(c1ccc(F)cc1F)N1CCC(C(=O)N2CCCc3ccccc32)CC1. The van der Waals surface area contributed by atoms with E-state index in [0.717, 1.165) is 37.2 Å². The molecule has 2 aromatic rings. The quantitative estimate of drug-likeness (QED) is 0.790. The minimum absolute atomic E-state index is 0.104. The minimum Gasteiger partial charge on any atom is -0.339 e. The highest BCUT2D eigenvalue weighted by Crippen LogP contribution is 2.30. The van der Waals surface area contributed by atoms with Crippen molar-refractivity contribution in [1.82, 2.24) is 4.90 Å². The number of aryl methyl sites for hydroxylation is 1. The summed E-state index contributed by atoms with van der Waals surface area (Å²) in [7, 11) is 0. The summed E-state index contributed by atoms with van der Waals surface area (Å²) in [4.78, 5) is 29.0. The minimum atomic E-state index is -0.854. The lowest BCUT2D eigenvalue weighted by molar-refractivity contribution is -0.123. The maximum absolute atomic E-state index is 13.9. The zero-order chi connectivity index (χ0) is 19.7. The second-order valence-corrected chi connectivity index (χ2v) is 7.41. The van der Waals surface area contributed by atoms with E-state index in [1.54, 1.807) is 4.90 Å². The van der Waals surface area contributed by atoms with Gasteiger partial charge in [0.15, 0.2) is 0 Å². The molecule has 28 heavy (non-hydrogen) atoms. The lowest BCUT2D eigenvalue weighted by Crippen LogP contribution is -2.46. The number of piperidine rings is 1. The molecule has 6 heteroatoms. The van der Waals surface area contributed by atoms with E-state index in [1.807, 2.05) is 23.1 Å². The molecule has 0 N–H and O–H groups in total. The van der Waals surface area contributed by atoms with Gasteiger partial charge in [-0.1, -0.05) is 18.2 Å². The van der Waals surface area contributed by atoms with Gasteiger partial charge in [-0.15, -0.1) is 0 Å². The zero-order valence-electron chi connectivity index (χ0n) is 15.5. The van der Waals surface area contributed by atoms with Crippen LogP contribution in [0.2, 0.25) is 0 Å². The average molecular weight is 384 g/mol. The molecule has 0 saturated carbocycles. The summed E-state index contributed by atoms with van der Waals surface area (Å²) < 4.78 is 27.0. The van der Waals surface area contributed by atoms with E-state index in [-0.39, 0.29) is 17.4 Å². The number of carbonyl (C=O) groups excluding carboxylic acids is 2. The van der Waals surface area contributed by atoms with Gasteiger partial charge in [-0.25, -0.2) is 8.78 Å². The van der Waals surface area contributed by atoms with Crippen LogP contribution in [0.1, 0.15) is 35.2 Å². The van der Waals surface area contributed by atoms with Crippen LogP contribution < -0.4 is 4.90 Å². The van der Waals surface area contributed by atoms with Gasteiger partial charge >= 0.3 is 0 Å². The fourth-order valence-electron chi connectivity index (χ4n) is 4.15. The lowest BCUT2D eigenvalue weighted by atomic mass is 9.92. The first-order valence-electron chi connectivity index (χ1n) is 9.68. The Morgan fingerprint density at radius 3 is 2.46 bits per heavy atom. The summed E-state index contributed by atoms with van der Waals surface area (Å²) in [6.45, 7) is 1.50. The number of hydrogen-bond acceptors (Lipinski definition) is 2. The van der Waals surface area contributed by atoms with Crippen molar-refractivity contribution in [2.45, 2.75) is 25.7 Å². The smallest absolute Gasteiger partial charge is 0.256 e. The van der Waals surface area contributed by atoms with E-state index in [9.17, 15) is 18.4 Å². The number of rotatable bonds is 2. The van der Waals surface area contributed by atoms with Crippen LogP contribution in [-0.2, 0) is 11.2 Å². The summed E-state index contributed by atoms with van der Waals surface area (Å²) in [5, 5.41) is 0. The van der Waals surface area contributed by atoms with Crippen molar-refractivity contribution in [3.63, 3.8) is 0 Å². The largest absolute Gasteiger partial charge is 0.339 e. The van der Waals surface area contributed by atoms with Crippen molar-refractivity contribution in [3.8, 4) is 0 Å². The van der Waals surface area contributed by atoms with E-state index in [0.29, 0.717) is 25.9 Å². The molecular formula is C22H22F2N2O2. The Labute approximate surface area is 162 Å². The first kappa shape index (κ1) is 18.6. The predicted octanol–water partition coefficient (Wildman–Crippen LogP) is 3.80. The van der Waals surface area contributed by atoms with Crippen molar-refractivity contribution in [2.75, 3.05) is 24.5 Å². The maximum atomic E-state index is 13.9. The average Bonchev–Trinajstić information content (AvgIpc) is 2.72. The Morgan fingerprint density at radius 1 is 0.964 bits per heavy atom. The topological polar surface area (TPSA) is 40.6 Å². The number of benzene rings is 2. The third-order valence-electron chi connectivity index (χ3n) is 5.67. The highest BCUT2D eigenvalue weighted by atomic mass is 19.1. The standard InChI is InChI=1S/C22H22F2N2O2/c23-17-7-8-18(19(24)14-17)22(28)25-12-9-16(10-13-25)21(27)26-11-3-5-15-4-1-2-6-20(15)26/h1-2,4,6-8,14,16H,3,5,9-13H2. The normalized spacial score (nSPS) is 17.4. The third kappa shape index (κ3) is 3.51. The Hall–Kier alpha value is -2.76. The number of likely N-dealkylation sites (tertiary alicyclic amines) is 1. The molecule has 0 radical (unpaired) electrons. The van der Waals surface area contributed by atoms with E-state index in [1.165, 1.54) is 11.6 Å². The van der Waals surface area contributed by atoms with Gasteiger partial charge in [-0.3, -0.25) is 9.59 Å². The summed E-state index contributed by atoms with van der Waals surface area (Å²) in [6, 6.07) is 11.0. The number of carbonyl (C=O) groups is 2. The van der Waals surface area contributed by atoms with Gasteiger partial charge in [0.1, 0.15) is 11.6 Å². The van der Waals surface area contributed by atoms with Crippen molar-refractivity contribution >= 4 is 17.5 Å². The Morgan fingerprint density at radius 2 is 1.71 bits per heavy atom. The molecule has 1 fully saturated rings. The number of para-hydroxylation sites is 1. The van der Waals surface area contributed by atoms with Crippen molar-refractivity contribution in [1.29, 1.82) is 0 Å². The molecule has 4 rings (SSSR count). The number of amides is 2. The van der Waals surface area contributed by atoms with Gasteiger partial charge in [-0.05, 0) is 49.4 Å². The van der Waals surface area contributed by atoms with E-state index in [4.69, 9.17) is 0 Å². The molecule has 2 aliphatic rings. The lowest BCUT2D eigenvalue weighted by Gasteiger charge is -2.36. The van der Waals surface area contributed by atoms with Gasteiger partial charge in [0.25, 0.3) is 5.91 Å². The molecule has 2 aromatic carbocycles. The first-order valence-corrected chi connectivity index (χ1v) is 9.68. The number of halogens is 2. The number of hydrogen-bond donors (Lipinski definition) is 0. The molecule has 0 aliphatic carbocycles. The number of nitrogens with zero attached hydrogens (tertiary/aromatic N) is 2. The van der Waals surface area contributed by atoms with Crippen LogP contribution >= 0.6 is 0 Å². The molecule has 1 saturated heterocycles. The second-order valence-electron chi connectivity index (χ2n) is 7.41. The molecule has 4 nitrogen and oxygen atoms in total. The van der Waals surface area contributed by atoms with E-state index in [2.05, 4.69) is 6.07 Å². The molecular weight excluding hydrogens is 362 g/mol. The Balaban J connectivity index is 1.42. The van der Waals surface area contributed by atoms with Crippen LogP contribution in [0.3, 0.4) is 0 Å². The summed E-state index contributed by atoms with van der Waals surface area (Å²) in [6.07, 6.45) is 3.03. The molecule has 0 spiro atoms. The summed E-state index contributed by atoms with van der Waals surface area (Å²) >= 11 is 0. The molecule has 2 heterocycles. The van der Waals surface area contributed by atoms with Crippen molar-refractivity contribution < 1.29 is 18.4 Å². The van der Waals surface area contributed by atoms with E-state index >= 15 is 0 Å². The Kier molecular flexibility index (Phi) is 5.11. The van der Waals surface area contributed by atoms with Crippen LogP contribution in [0, 0.1) is 17.6 Å². The van der Waals surface area contributed by atoms with Gasteiger partial charge in [-0.2, -0.15) is 0 Å². The van der Waals surface area contributed by atoms with Gasteiger partial charge < -0.3 is 9.80 Å². The Bertz CT molecular complexity index is 907. The second kappa shape index (κ2) is 7.70. The summed E-state index contributed by atoms with van der Waals surface area (Å²) in [5.74, 6) is -2.06. The zero-order valence-corrected chi connectivity index (χ0v) is 15.5. The molecule has 2 aliphatic heterocycles. The van der Waals surface area contributed by atoms with Gasteiger partial charge in [0, 0.05) is 37.3 Å². The van der Waals surface area contributed by atoms with Crippen molar-refractivity contribution in [3.05, 3.63) is 65.2 Å².